The normalized spacial score (nSPS) is 24.8. The van der Waals surface area contributed by atoms with E-state index >= 15 is 0 Å². The molecule has 26 heavy (non-hydrogen) atoms. The second-order valence-corrected chi connectivity index (χ2v) is 7.80. The summed E-state index contributed by atoms with van der Waals surface area (Å²) in [6.07, 6.45) is 8.33. The lowest BCUT2D eigenvalue weighted by atomic mass is 9.92. The van der Waals surface area contributed by atoms with E-state index in [0.29, 0.717) is 0 Å². The maximum Gasteiger partial charge on any atom is 0.159 e. The van der Waals surface area contributed by atoms with Crippen molar-refractivity contribution in [3.63, 3.8) is 0 Å². The van der Waals surface area contributed by atoms with Crippen molar-refractivity contribution >= 4 is 0 Å². The smallest absolute Gasteiger partial charge is 0.159 e. The van der Waals surface area contributed by atoms with Crippen molar-refractivity contribution in [2.24, 2.45) is 0 Å². The second-order valence-electron chi connectivity index (χ2n) is 7.80. The molecular formula is C21H28N4O. The van der Waals surface area contributed by atoms with Gasteiger partial charge in [-0.1, -0.05) is 30.3 Å². The molecule has 5 heteroatoms. The van der Waals surface area contributed by atoms with E-state index in [-0.39, 0.29) is 0 Å². The number of hydrogen-bond donors (Lipinski definition) is 1. The van der Waals surface area contributed by atoms with Gasteiger partial charge in [0, 0.05) is 43.2 Å². The number of hydrogen-bond acceptors (Lipinski definition) is 5. The summed E-state index contributed by atoms with van der Waals surface area (Å²) >= 11 is 0. The van der Waals surface area contributed by atoms with Gasteiger partial charge >= 0.3 is 0 Å². The fraction of sp³-hybridized carbons (Fsp3) is 0.524. The first-order valence-corrected chi connectivity index (χ1v) is 9.74. The standard InChI is InChI=1S/C21H28N4O/c26-21(16-24-10-4-5-11-24)9-6-12-25(17-21)15-18-13-22-20(23-14-18)19-7-2-1-3-8-19/h1-3,7-8,13-14,26H,4-6,9-12,15-17H2/t21-/m1/s1. The molecule has 1 N–H and O–H groups in total. The van der Waals surface area contributed by atoms with Crippen LogP contribution in [0.3, 0.4) is 0 Å². The molecule has 0 saturated carbocycles. The Morgan fingerprint density at radius 3 is 2.35 bits per heavy atom. The first-order chi connectivity index (χ1) is 12.7. The van der Waals surface area contributed by atoms with Crippen molar-refractivity contribution in [3.05, 3.63) is 48.3 Å². The molecule has 0 unspecified atom stereocenters. The molecule has 2 aromatic rings. The minimum atomic E-state index is -0.576. The van der Waals surface area contributed by atoms with E-state index in [2.05, 4.69) is 19.8 Å². The summed E-state index contributed by atoms with van der Waals surface area (Å²) in [5.74, 6) is 0.763. The Balaban J connectivity index is 1.37. The fourth-order valence-corrected chi connectivity index (χ4v) is 4.26. The highest BCUT2D eigenvalue weighted by Gasteiger charge is 2.35. The molecule has 4 rings (SSSR count). The lowest BCUT2D eigenvalue weighted by Gasteiger charge is -2.41. The Kier molecular flexibility index (Phi) is 5.29. The van der Waals surface area contributed by atoms with Gasteiger partial charge in [-0.25, -0.2) is 9.97 Å². The number of nitrogens with zero attached hydrogens (tertiary/aromatic N) is 4. The molecule has 138 valence electrons. The molecule has 1 aromatic heterocycles. The van der Waals surface area contributed by atoms with Crippen molar-refractivity contribution < 1.29 is 5.11 Å². The van der Waals surface area contributed by atoms with Crippen molar-refractivity contribution in [1.82, 2.24) is 19.8 Å². The van der Waals surface area contributed by atoms with Crippen LogP contribution in [0.4, 0.5) is 0 Å². The van der Waals surface area contributed by atoms with Gasteiger partial charge in [0.2, 0.25) is 0 Å². The Bertz CT molecular complexity index is 700. The molecular weight excluding hydrogens is 324 g/mol. The zero-order valence-corrected chi connectivity index (χ0v) is 15.3. The van der Waals surface area contributed by atoms with E-state index in [1.807, 2.05) is 42.7 Å². The lowest BCUT2D eigenvalue weighted by Crippen LogP contribution is -2.53. The van der Waals surface area contributed by atoms with Gasteiger partial charge in [0.05, 0.1) is 5.60 Å². The minimum absolute atomic E-state index is 0.576. The third-order valence-corrected chi connectivity index (χ3v) is 5.49. The Morgan fingerprint density at radius 2 is 1.62 bits per heavy atom. The molecule has 0 bridgehead atoms. The molecule has 0 amide bonds. The number of aliphatic hydroxyl groups is 1. The topological polar surface area (TPSA) is 52.5 Å². The fourth-order valence-electron chi connectivity index (χ4n) is 4.26. The number of aromatic nitrogens is 2. The van der Waals surface area contributed by atoms with Crippen LogP contribution < -0.4 is 0 Å². The molecule has 0 spiro atoms. The summed E-state index contributed by atoms with van der Waals surface area (Å²) in [5.41, 5.74) is 1.57. The highest BCUT2D eigenvalue weighted by atomic mass is 16.3. The monoisotopic (exact) mass is 352 g/mol. The molecule has 5 nitrogen and oxygen atoms in total. The quantitative estimate of drug-likeness (QED) is 0.896. The molecule has 1 aromatic carbocycles. The molecule has 2 fully saturated rings. The van der Waals surface area contributed by atoms with Gasteiger partial charge in [-0.15, -0.1) is 0 Å². The number of β-amino-alcohol motifs (C(OH)–C–C–N with tert-alkyl or cyclic N) is 1. The molecule has 2 aliphatic rings. The summed E-state index contributed by atoms with van der Waals surface area (Å²) in [6.45, 7) is 5.66. The number of rotatable bonds is 5. The Labute approximate surface area is 155 Å². The second kappa shape index (κ2) is 7.82. The summed E-state index contributed by atoms with van der Waals surface area (Å²) in [4.78, 5) is 13.8. The summed E-state index contributed by atoms with van der Waals surface area (Å²) < 4.78 is 0. The molecule has 2 aliphatic heterocycles. The SMILES string of the molecule is O[C@@]1(CN2CCCC2)CCCN(Cc2cnc(-c3ccccc3)nc2)C1. The minimum Gasteiger partial charge on any atom is -0.387 e. The Hall–Kier alpha value is -1.82. The van der Waals surface area contributed by atoms with Crippen LogP contribution in [0.25, 0.3) is 11.4 Å². The zero-order chi connectivity index (χ0) is 17.8. The molecule has 1 atom stereocenters. The van der Waals surface area contributed by atoms with Gasteiger partial charge in [0.15, 0.2) is 5.82 Å². The maximum absolute atomic E-state index is 11.1. The van der Waals surface area contributed by atoms with Gasteiger partial charge in [0.25, 0.3) is 0 Å². The van der Waals surface area contributed by atoms with E-state index in [4.69, 9.17) is 0 Å². The number of piperidine rings is 1. The molecule has 2 saturated heterocycles. The highest BCUT2D eigenvalue weighted by Crippen LogP contribution is 2.25. The summed E-state index contributed by atoms with van der Waals surface area (Å²) in [6, 6.07) is 10.1. The Morgan fingerprint density at radius 1 is 0.923 bits per heavy atom. The van der Waals surface area contributed by atoms with Crippen LogP contribution in [0.2, 0.25) is 0 Å². The van der Waals surface area contributed by atoms with Crippen LogP contribution in [-0.4, -0.2) is 63.2 Å². The van der Waals surface area contributed by atoms with E-state index in [1.54, 1.807) is 0 Å². The average Bonchev–Trinajstić information content (AvgIpc) is 3.15. The summed E-state index contributed by atoms with van der Waals surface area (Å²) in [7, 11) is 0. The van der Waals surface area contributed by atoms with Crippen LogP contribution in [0.1, 0.15) is 31.2 Å². The first kappa shape index (κ1) is 17.6. The van der Waals surface area contributed by atoms with Gasteiger partial charge in [-0.05, 0) is 45.3 Å². The van der Waals surface area contributed by atoms with Crippen molar-refractivity contribution in [3.8, 4) is 11.4 Å². The highest BCUT2D eigenvalue weighted by molar-refractivity contribution is 5.53. The molecule has 0 radical (unpaired) electrons. The van der Waals surface area contributed by atoms with E-state index in [1.165, 1.54) is 12.8 Å². The van der Waals surface area contributed by atoms with Gasteiger partial charge < -0.3 is 10.0 Å². The maximum atomic E-state index is 11.1. The van der Waals surface area contributed by atoms with Gasteiger partial charge in [-0.3, -0.25) is 4.90 Å². The van der Waals surface area contributed by atoms with Gasteiger partial charge in [-0.2, -0.15) is 0 Å². The molecule has 0 aliphatic carbocycles. The lowest BCUT2D eigenvalue weighted by molar-refractivity contribution is -0.0519. The number of likely N-dealkylation sites (tertiary alicyclic amines) is 2. The van der Waals surface area contributed by atoms with Crippen molar-refractivity contribution in [2.75, 3.05) is 32.7 Å². The van der Waals surface area contributed by atoms with Crippen LogP contribution in [0, 0.1) is 0 Å². The van der Waals surface area contributed by atoms with Gasteiger partial charge in [0.1, 0.15) is 0 Å². The van der Waals surface area contributed by atoms with Crippen LogP contribution in [0.5, 0.6) is 0 Å². The van der Waals surface area contributed by atoms with Crippen LogP contribution in [-0.2, 0) is 6.54 Å². The number of benzene rings is 1. The third kappa shape index (κ3) is 4.29. The molecule has 3 heterocycles. The third-order valence-electron chi connectivity index (χ3n) is 5.49. The largest absolute Gasteiger partial charge is 0.387 e. The van der Waals surface area contributed by atoms with Crippen molar-refractivity contribution in [2.45, 2.75) is 37.8 Å². The zero-order valence-electron chi connectivity index (χ0n) is 15.3. The van der Waals surface area contributed by atoms with E-state index in [0.717, 1.165) is 69.1 Å². The van der Waals surface area contributed by atoms with E-state index < -0.39 is 5.60 Å². The van der Waals surface area contributed by atoms with Crippen LogP contribution >= 0.6 is 0 Å². The summed E-state index contributed by atoms with van der Waals surface area (Å²) in [5, 5.41) is 11.1. The average molecular weight is 352 g/mol. The predicted molar refractivity (Wildman–Crippen MR) is 103 cm³/mol. The first-order valence-electron chi connectivity index (χ1n) is 9.74. The van der Waals surface area contributed by atoms with E-state index in [9.17, 15) is 5.11 Å². The predicted octanol–water partition coefficient (Wildman–Crippen LogP) is 2.57. The van der Waals surface area contributed by atoms with Crippen LogP contribution in [0.15, 0.2) is 42.7 Å². The van der Waals surface area contributed by atoms with Crippen molar-refractivity contribution in [1.29, 1.82) is 0 Å².